The third-order valence-electron chi connectivity index (χ3n) is 3.44. The molecule has 1 aromatic carbocycles. The molecule has 2 aromatic rings. The number of nitrogens with two attached hydrogens (primary N) is 1. The van der Waals surface area contributed by atoms with E-state index in [0.717, 1.165) is 16.9 Å². The van der Waals surface area contributed by atoms with Crippen molar-refractivity contribution in [3.05, 3.63) is 53.9 Å². The van der Waals surface area contributed by atoms with E-state index in [1.54, 1.807) is 6.20 Å². The molecule has 1 atom stereocenters. The number of hydrazine groups is 1. The summed E-state index contributed by atoms with van der Waals surface area (Å²) in [6.45, 7) is 2.10. The number of pyridine rings is 1. The largest absolute Gasteiger partial charge is 0.311 e. The molecule has 3 rings (SSSR count). The van der Waals surface area contributed by atoms with E-state index in [-0.39, 0.29) is 6.17 Å². The summed E-state index contributed by atoms with van der Waals surface area (Å²) in [6, 6.07) is 10.3. The third kappa shape index (κ3) is 1.50. The van der Waals surface area contributed by atoms with Crippen LogP contribution in [0.15, 0.2) is 42.7 Å². The second-order valence-electron chi connectivity index (χ2n) is 4.55. The fourth-order valence-corrected chi connectivity index (χ4v) is 2.42. The van der Waals surface area contributed by atoms with E-state index in [1.807, 2.05) is 36.5 Å². The van der Waals surface area contributed by atoms with Crippen LogP contribution in [0.5, 0.6) is 0 Å². The molecule has 0 fully saturated rings. The van der Waals surface area contributed by atoms with Gasteiger partial charge in [-0.1, -0.05) is 18.2 Å². The number of aryl methyl sites for hydroxylation is 1. The molecule has 18 heavy (non-hydrogen) atoms. The Labute approximate surface area is 107 Å². The molecule has 0 aliphatic carbocycles. The lowest BCUT2D eigenvalue weighted by Crippen LogP contribution is -2.36. The maximum Gasteiger partial charge on any atom is 0.104 e. The molecule has 0 saturated carbocycles. The van der Waals surface area contributed by atoms with Crippen LogP contribution in [0.2, 0.25) is 0 Å². The van der Waals surface area contributed by atoms with Gasteiger partial charge < -0.3 is 5.73 Å². The third-order valence-corrected chi connectivity index (χ3v) is 3.44. The minimum absolute atomic E-state index is 0.123. The highest BCUT2D eigenvalue weighted by molar-refractivity contribution is 5.70. The van der Waals surface area contributed by atoms with E-state index in [0.29, 0.717) is 0 Å². The first kappa shape index (κ1) is 11.2. The highest BCUT2D eigenvalue weighted by Gasteiger charge is 2.32. The minimum atomic E-state index is -0.123. The summed E-state index contributed by atoms with van der Waals surface area (Å²) in [5.41, 5.74) is 10.7. The molecule has 4 heteroatoms. The Morgan fingerprint density at radius 1 is 1.17 bits per heavy atom. The van der Waals surface area contributed by atoms with Gasteiger partial charge >= 0.3 is 0 Å². The monoisotopic (exact) mass is 240 g/mol. The second-order valence-corrected chi connectivity index (χ2v) is 4.55. The highest BCUT2D eigenvalue weighted by atomic mass is 15.7. The molecule has 2 heterocycles. The maximum absolute atomic E-state index is 6.22. The lowest BCUT2D eigenvalue weighted by atomic mass is 10.1. The molecular formula is C14H16N4. The Morgan fingerprint density at radius 3 is 2.72 bits per heavy atom. The summed E-state index contributed by atoms with van der Waals surface area (Å²) < 4.78 is 0. The predicted molar refractivity (Wildman–Crippen MR) is 72.2 cm³/mol. The molecule has 0 spiro atoms. The Bertz CT molecular complexity index is 582. The zero-order chi connectivity index (χ0) is 12.7. The first-order valence-electron chi connectivity index (χ1n) is 5.98. The molecule has 0 radical (unpaired) electrons. The maximum atomic E-state index is 6.22. The van der Waals surface area contributed by atoms with E-state index in [1.165, 1.54) is 5.56 Å². The average molecular weight is 240 g/mol. The number of aromatic nitrogens is 1. The summed E-state index contributed by atoms with van der Waals surface area (Å²) in [5, 5.41) is 4.16. The van der Waals surface area contributed by atoms with Crippen molar-refractivity contribution >= 4 is 11.4 Å². The zero-order valence-corrected chi connectivity index (χ0v) is 10.5. The quantitative estimate of drug-likeness (QED) is 0.831. The number of hydrogen-bond donors (Lipinski definition) is 1. The van der Waals surface area contributed by atoms with Gasteiger partial charge in [0.05, 0.1) is 17.6 Å². The van der Waals surface area contributed by atoms with Crippen LogP contribution in [0, 0.1) is 6.92 Å². The van der Waals surface area contributed by atoms with Gasteiger partial charge in [-0.3, -0.25) is 9.99 Å². The SMILES string of the molecule is Cc1ccccc1N1c2cnccc2C(N)N1C. The van der Waals surface area contributed by atoms with Crippen molar-refractivity contribution in [2.45, 2.75) is 13.1 Å². The van der Waals surface area contributed by atoms with Crippen molar-refractivity contribution in [1.82, 2.24) is 9.99 Å². The van der Waals surface area contributed by atoms with Crippen molar-refractivity contribution in [1.29, 1.82) is 0 Å². The normalized spacial score (nSPS) is 19.1. The molecule has 4 nitrogen and oxygen atoms in total. The summed E-state index contributed by atoms with van der Waals surface area (Å²) in [5.74, 6) is 0. The number of rotatable bonds is 1. The van der Waals surface area contributed by atoms with Crippen molar-refractivity contribution in [2.24, 2.45) is 5.73 Å². The minimum Gasteiger partial charge on any atom is -0.311 e. The topological polar surface area (TPSA) is 45.4 Å². The first-order valence-corrected chi connectivity index (χ1v) is 5.98. The van der Waals surface area contributed by atoms with Crippen LogP contribution in [0.1, 0.15) is 17.3 Å². The number of hydrogen-bond acceptors (Lipinski definition) is 4. The molecular weight excluding hydrogens is 224 g/mol. The van der Waals surface area contributed by atoms with Crippen LogP contribution in [0.25, 0.3) is 0 Å². The molecule has 0 bridgehead atoms. The van der Waals surface area contributed by atoms with Gasteiger partial charge in [-0.15, -0.1) is 0 Å². The summed E-state index contributed by atoms with van der Waals surface area (Å²) >= 11 is 0. The fourth-order valence-electron chi connectivity index (χ4n) is 2.42. The molecule has 1 unspecified atom stereocenters. The van der Waals surface area contributed by atoms with Gasteiger partial charge in [0, 0.05) is 18.8 Å². The van der Waals surface area contributed by atoms with Crippen LogP contribution in [0.3, 0.4) is 0 Å². The van der Waals surface area contributed by atoms with Gasteiger partial charge in [0.1, 0.15) is 6.17 Å². The standard InChI is InChI=1S/C14H16N4/c1-10-5-3-4-6-12(10)18-13-9-16-8-7-11(13)14(15)17(18)2/h3-9,14H,15H2,1-2H3. The lowest BCUT2D eigenvalue weighted by molar-refractivity contribution is 0.281. The molecule has 1 aromatic heterocycles. The number of anilines is 2. The Morgan fingerprint density at radius 2 is 1.94 bits per heavy atom. The predicted octanol–water partition coefficient (Wildman–Crippen LogP) is 2.35. The van der Waals surface area contributed by atoms with Gasteiger partial charge in [0.2, 0.25) is 0 Å². The Kier molecular flexibility index (Phi) is 2.54. The average Bonchev–Trinajstić information content (AvgIpc) is 2.64. The molecule has 0 saturated heterocycles. The van der Waals surface area contributed by atoms with Gasteiger partial charge in [0.25, 0.3) is 0 Å². The zero-order valence-electron chi connectivity index (χ0n) is 10.5. The second kappa shape index (κ2) is 4.08. The number of fused-ring (bicyclic) bond motifs is 1. The molecule has 1 aliphatic rings. The van der Waals surface area contributed by atoms with Gasteiger partial charge in [0.15, 0.2) is 0 Å². The van der Waals surface area contributed by atoms with Crippen molar-refractivity contribution in [3.8, 4) is 0 Å². The van der Waals surface area contributed by atoms with E-state index in [4.69, 9.17) is 5.73 Å². The van der Waals surface area contributed by atoms with Crippen molar-refractivity contribution in [3.63, 3.8) is 0 Å². The van der Waals surface area contributed by atoms with Crippen LogP contribution in [-0.2, 0) is 0 Å². The van der Waals surface area contributed by atoms with Gasteiger partial charge in [-0.25, -0.2) is 0 Å². The smallest absolute Gasteiger partial charge is 0.104 e. The first-order chi connectivity index (χ1) is 8.70. The molecule has 1 aliphatic heterocycles. The summed E-state index contributed by atoms with van der Waals surface area (Å²) in [4.78, 5) is 4.21. The van der Waals surface area contributed by atoms with Crippen molar-refractivity contribution in [2.75, 3.05) is 12.1 Å². The summed E-state index contributed by atoms with van der Waals surface area (Å²) in [6.07, 6.45) is 3.53. The van der Waals surface area contributed by atoms with E-state index >= 15 is 0 Å². The Hall–Kier alpha value is -1.91. The number of benzene rings is 1. The summed E-state index contributed by atoms with van der Waals surface area (Å²) in [7, 11) is 2.00. The van der Waals surface area contributed by atoms with E-state index in [9.17, 15) is 0 Å². The van der Waals surface area contributed by atoms with Crippen LogP contribution in [-0.4, -0.2) is 17.0 Å². The fraction of sp³-hybridized carbons (Fsp3) is 0.214. The lowest BCUT2D eigenvalue weighted by Gasteiger charge is -2.30. The van der Waals surface area contributed by atoms with Crippen LogP contribution >= 0.6 is 0 Å². The molecule has 92 valence electrons. The molecule has 0 amide bonds. The van der Waals surface area contributed by atoms with Gasteiger partial charge in [-0.2, -0.15) is 5.01 Å². The van der Waals surface area contributed by atoms with E-state index < -0.39 is 0 Å². The van der Waals surface area contributed by atoms with Crippen molar-refractivity contribution < 1.29 is 0 Å². The van der Waals surface area contributed by atoms with Gasteiger partial charge in [-0.05, 0) is 24.6 Å². The molecule has 2 N–H and O–H groups in total. The Balaban J connectivity index is 2.16. The number of nitrogens with zero attached hydrogens (tertiary/aromatic N) is 3. The highest BCUT2D eigenvalue weighted by Crippen LogP contribution is 2.41. The van der Waals surface area contributed by atoms with Crippen LogP contribution < -0.4 is 10.7 Å². The van der Waals surface area contributed by atoms with Crippen LogP contribution in [0.4, 0.5) is 11.4 Å². The van der Waals surface area contributed by atoms with E-state index in [2.05, 4.69) is 29.0 Å². The number of para-hydroxylation sites is 1.